The number of hydrogen-bond acceptors (Lipinski definition) is 4. The summed E-state index contributed by atoms with van der Waals surface area (Å²) < 4.78 is 7.47. The summed E-state index contributed by atoms with van der Waals surface area (Å²) in [7, 11) is 0. The fraction of sp³-hybridized carbons (Fsp3) is 0.154. The second-order valence-electron chi connectivity index (χ2n) is 4.07. The first-order valence-electron chi connectivity index (χ1n) is 5.79. The molecule has 0 aliphatic carbocycles. The highest BCUT2D eigenvalue weighted by molar-refractivity contribution is 9.10. The van der Waals surface area contributed by atoms with Crippen molar-refractivity contribution >= 4 is 27.2 Å². The summed E-state index contributed by atoms with van der Waals surface area (Å²) in [5.74, 6) is -0.392. The first-order valence-corrected chi connectivity index (χ1v) is 6.58. The number of aryl methyl sites for hydroxylation is 2. The molecule has 0 atom stereocenters. The van der Waals surface area contributed by atoms with Crippen molar-refractivity contribution < 1.29 is 4.42 Å². The van der Waals surface area contributed by atoms with Crippen molar-refractivity contribution in [2.24, 2.45) is 0 Å². The van der Waals surface area contributed by atoms with Gasteiger partial charge < -0.3 is 4.42 Å². The first-order chi connectivity index (χ1) is 9.24. The summed E-state index contributed by atoms with van der Waals surface area (Å²) in [5.41, 5.74) is 1.98. The zero-order valence-corrected chi connectivity index (χ0v) is 11.5. The average Bonchev–Trinajstić information content (AvgIpc) is 2.72. The van der Waals surface area contributed by atoms with Gasteiger partial charge in [-0.3, -0.25) is 9.55 Å². The van der Waals surface area contributed by atoms with Gasteiger partial charge in [0.1, 0.15) is 0 Å². The van der Waals surface area contributed by atoms with Gasteiger partial charge in [-0.15, -0.1) is 0 Å². The van der Waals surface area contributed by atoms with Crippen LogP contribution in [0.25, 0.3) is 11.2 Å². The molecule has 0 spiro atoms. The van der Waals surface area contributed by atoms with Gasteiger partial charge in [-0.2, -0.15) is 0 Å². The highest BCUT2D eigenvalue weighted by Gasteiger charge is 2.10. The van der Waals surface area contributed by atoms with Gasteiger partial charge in [0.05, 0.1) is 0 Å². The molecule has 19 heavy (non-hydrogen) atoms. The topological polar surface area (TPSA) is 60.9 Å². The van der Waals surface area contributed by atoms with Crippen molar-refractivity contribution in [2.75, 3.05) is 0 Å². The molecule has 3 heterocycles. The maximum absolute atomic E-state index is 11.8. The van der Waals surface area contributed by atoms with Gasteiger partial charge in [0, 0.05) is 41.6 Å². The minimum Gasteiger partial charge on any atom is -0.406 e. The Morgan fingerprint density at radius 3 is 3.00 bits per heavy atom. The van der Waals surface area contributed by atoms with E-state index in [1.165, 1.54) is 4.57 Å². The molecule has 96 valence electrons. The Hall–Kier alpha value is -1.95. The summed E-state index contributed by atoms with van der Waals surface area (Å²) in [5, 5.41) is 0. The maximum Gasteiger partial charge on any atom is 0.421 e. The molecule has 0 fully saturated rings. The molecule has 0 aliphatic heterocycles. The van der Waals surface area contributed by atoms with E-state index in [1.54, 1.807) is 18.5 Å². The van der Waals surface area contributed by atoms with E-state index in [0.717, 1.165) is 10.2 Å². The van der Waals surface area contributed by atoms with Gasteiger partial charge in [-0.05, 0) is 28.1 Å². The Kier molecular flexibility index (Phi) is 3.16. The number of fused-ring (bicyclic) bond motifs is 1. The number of aromatic nitrogens is 3. The van der Waals surface area contributed by atoms with Gasteiger partial charge in [0.15, 0.2) is 11.2 Å². The van der Waals surface area contributed by atoms with Crippen LogP contribution in [0.5, 0.6) is 0 Å². The number of oxazole rings is 1. The molecule has 0 saturated heterocycles. The standard InChI is InChI=1S/C13H10BrN3O2/c14-9-7-11-12(16-8-9)17(13(18)19-11)6-4-10-3-1-2-5-15-10/h1-3,5,7-8H,4,6H2. The molecule has 5 nitrogen and oxygen atoms in total. The number of pyridine rings is 2. The highest BCUT2D eigenvalue weighted by atomic mass is 79.9. The molecule has 0 N–H and O–H groups in total. The van der Waals surface area contributed by atoms with Crippen LogP contribution >= 0.6 is 15.9 Å². The van der Waals surface area contributed by atoms with E-state index in [9.17, 15) is 4.79 Å². The number of hydrogen-bond donors (Lipinski definition) is 0. The van der Waals surface area contributed by atoms with Crippen LogP contribution in [-0.2, 0) is 13.0 Å². The molecular weight excluding hydrogens is 310 g/mol. The fourth-order valence-electron chi connectivity index (χ4n) is 1.90. The Bertz CT molecular complexity index is 764. The van der Waals surface area contributed by atoms with Gasteiger partial charge in [0.25, 0.3) is 0 Å². The molecule has 0 saturated carbocycles. The Morgan fingerprint density at radius 2 is 2.21 bits per heavy atom. The molecule has 3 aromatic heterocycles. The highest BCUT2D eigenvalue weighted by Crippen LogP contribution is 2.16. The fourth-order valence-corrected chi connectivity index (χ4v) is 2.21. The van der Waals surface area contributed by atoms with E-state index >= 15 is 0 Å². The molecule has 0 unspecified atom stereocenters. The van der Waals surface area contributed by atoms with E-state index < -0.39 is 5.76 Å². The van der Waals surface area contributed by atoms with Crippen molar-refractivity contribution in [1.82, 2.24) is 14.5 Å². The zero-order chi connectivity index (χ0) is 13.2. The summed E-state index contributed by atoms with van der Waals surface area (Å²) in [6, 6.07) is 7.45. The summed E-state index contributed by atoms with van der Waals surface area (Å²) in [4.78, 5) is 20.2. The lowest BCUT2D eigenvalue weighted by Gasteiger charge is -2.01. The van der Waals surface area contributed by atoms with Crippen LogP contribution in [0.4, 0.5) is 0 Å². The van der Waals surface area contributed by atoms with Crippen LogP contribution in [-0.4, -0.2) is 14.5 Å². The summed E-state index contributed by atoms with van der Waals surface area (Å²) in [6.07, 6.45) is 4.04. The minimum absolute atomic E-state index is 0.392. The maximum atomic E-state index is 11.8. The number of nitrogens with zero attached hydrogens (tertiary/aromatic N) is 3. The van der Waals surface area contributed by atoms with E-state index in [0.29, 0.717) is 24.2 Å². The molecule has 0 bridgehead atoms. The predicted molar refractivity (Wildman–Crippen MR) is 73.9 cm³/mol. The smallest absolute Gasteiger partial charge is 0.406 e. The molecule has 0 amide bonds. The third kappa shape index (κ3) is 2.44. The average molecular weight is 320 g/mol. The Morgan fingerprint density at radius 1 is 1.32 bits per heavy atom. The lowest BCUT2D eigenvalue weighted by Crippen LogP contribution is -2.16. The molecule has 0 radical (unpaired) electrons. The third-order valence-electron chi connectivity index (χ3n) is 2.79. The number of rotatable bonds is 3. The number of halogens is 1. The quantitative estimate of drug-likeness (QED) is 0.743. The van der Waals surface area contributed by atoms with Crippen molar-refractivity contribution in [1.29, 1.82) is 0 Å². The largest absolute Gasteiger partial charge is 0.421 e. The Balaban J connectivity index is 1.93. The van der Waals surface area contributed by atoms with Gasteiger partial charge >= 0.3 is 5.76 Å². The van der Waals surface area contributed by atoms with Gasteiger partial charge in [-0.25, -0.2) is 9.78 Å². The lowest BCUT2D eigenvalue weighted by molar-refractivity contribution is 0.503. The zero-order valence-electron chi connectivity index (χ0n) is 9.91. The monoisotopic (exact) mass is 319 g/mol. The second kappa shape index (κ2) is 4.97. The van der Waals surface area contributed by atoms with Crippen LogP contribution in [0, 0.1) is 0 Å². The molecule has 0 aliphatic rings. The van der Waals surface area contributed by atoms with E-state index in [4.69, 9.17) is 4.42 Å². The van der Waals surface area contributed by atoms with Crippen molar-refractivity contribution in [2.45, 2.75) is 13.0 Å². The van der Waals surface area contributed by atoms with Gasteiger partial charge in [-0.1, -0.05) is 6.07 Å². The predicted octanol–water partition coefficient (Wildman–Crippen LogP) is 2.39. The molecule has 6 heteroatoms. The molecule has 3 aromatic rings. The molecule has 0 aromatic carbocycles. The van der Waals surface area contributed by atoms with Crippen molar-refractivity contribution in [3.05, 3.63) is 57.4 Å². The normalized spacial score (nSPS) is 11.0. The second-order valence-corrected chi connectivity index (χ2v) is 4.98. The van der Waals surface area contributed by atoms with Crippen LogP contribution in [0.1, 0.15) is 5.69 Å². The minimum atomic E-state index is -0.392. The first kappa shape index (κ1) is 12.1. The summed E-state index contributed by atoms with van der Waals surface area (Å²) >= 11 is 3.30. The van der Waals surface area contributed by atoms with E-state index in [1.807, 2.05) is 18.2 Å². The van der Waals surface area contributed by atoms with Crippen LogP contribution in [0.3, 0.4) is 0 Å². The SMILES string of the molecule is O=c1oc2cc(Br)cnc2n1CCc1ccccn1. The molecular formula is C13H10BrN3O2. The summed E-state index contributed by atoms with van der Waals surface area (Å²) in [6.45, 7) is 0.497. The van der Waals surface area contributed by atoms with Gasteiger partial charge in [0.2, 0.25) is 0 Å². The molecule has 3 rings (SSSR count). The van der Waals surface area contributed by atoms with E-state index in [-0.39, 0.29) is 0 Å². The van der Waals surface area contributed by atoms with Crippen LogP contribution in [0.2, 0.25) is 0 Å². The Labute approximate surface area is 117 Å². The van der Waals surface area contributed by atoms with Crippen LogP contribution in [0.15, 0.2) is 50.3 Å². The van der Waals surface area contributed by atoms with E-state index in [2.05, 4.69) is 25.9 Å². The van der Waals surface area contributed by atoms with Crippen molar-refractivity contribution in [3.63, 3.8) is 0 Å². The third-order valence-corrected chi connectivity index (χ3v) is 3.22. The van der Waals surface area contributed by atoms with Crippen molar-refractivity contribution in [3.8, 4) is 0 Å². The lowest BCUT2D eigenvalue weighted by atomic mass is 10.3. The van der Waals surface area contributed by atoms with Crippen LogP contribution < -0.4 is 5.76 Å².